The summed E-state index contributed by atoms with van der Waals surface area (Å²) in [6.07, 6.45) is 0.650. The summed E-state index contributed by atoms with van der Waals surface area (Å²) < 4.78 is 30.7. The predicted molar refractivity (Wildman–Crippen MR) is 78.6 cm³/mol. The fraction of sp³-hybridized carbons (Fsp3) is 0.417. The Morgan fingerprint density at radius 3 is 2.42 bits per heavy atom. The lowest BCUT2D eigenvalue weighted by Crippen LogP contribution is -2.28. The average Bonchev–Trinajstić information content (AvgIpc) is 2.39. The summed E-state index contributed by atoms with van der Waals surface area (Å²) in [7, 11) is -0.334. The van der Waals surface area contributed by atoms with E-state index in [-0.39, 0.29) is 9.88 Å². The molecule has 106 valence electrons. The molecule has 5 nitrogen and oxygen atoms in total. The van der Waals surface area contributed by atoms with E-state index in [1.54, 1.807) is 26.3 Å². The van der Waals surface area contributed by atoms with E-state index in [2.05, 4.69) is 0 Å². The van der Waals surface area contributed by atoms with Gasteiger partial charge in [0.2, 0.25) is 10.0 Å². The quantitative estimate of drug-likeness (QED) is 0.600. The first-order valence-corrected chi connectivity index (χ1v) is 7.59. The fourth-order valence-corrected chi connectivity index (χ4v) is 2.87. The summed E-state index contributed by atoms with van der Waals surface area (Å²) in [5, 5.41) is 0. The van der Waals surface area contributed by atoms with Crippen molar-refractivity contribution < 1.29 is 13.2 Å². The van der Waals surface area contributed by atoms with Crippen molar-refractivity contribution in [1.82, 2.24) is 4.31 Å². The molecule has 0 atom stereocenters. The molecule has 0 aliphatic heterocycles. The summed E-state index contributed by atoms with van der Waals surface area (Å²) in [4.78, 5) is 0.477. The van der Waals surface area contributed by atoms with Crippen molar-refractivity contribution in [1.29, 1.82) is 0 Å². The van der Waals surface area contributed by atoms with Crippen LogP contribution >= 0.6 is 12.2 Å². The van der Waals surface area contributed by atoms with Crippen LogP contribution in [0.5, 0.6) is 0 Å². The van der Waals surface area contributed by atoms with Gasteiger partial charge in [-0.3, -0.25) is 0 Å². The molecule has 2 N–H and O–H groups in total. The van der Waals surface area contributed by atoms with Gasteiger partial charge in [0, 0.05) is 32.9 Å². The van der Waals surface area contributed by atoms with Crippen LogP contribution in [-0.4, -0.2) is 45.0 Å². The molecule has 0 heterocycles. The zero-order valence-corrected chi connectivity index (χ0v) is 12.6. The Balaban J connectivity index is 2.84. The summed E-state index contributed by atoms with van der Waals surface area (Å²) >= 11 is 4.82. The lowest BCUT2D eigenvalue weighted by atomic mass is 10.2. The van der Waals surface area contributed by atoms with E-state index in [1.165, 1.54) is 16.4 Å². The molecule has 0 aliphatic carbocycles. The van der Waals surface area contributed by atoms with Crippen LogP contribution in [0.2, 0.25) is 0 Å². The van der Waals surface area contributed by atoms with Crippen LogP contribution in [0, 0.1) is 0 Å². The molecule has 1 rings (SSSR count). The zero-order valence-electron chi connectivity index (χ0n) is 11.0. The van der Waals surface area contributed by atoms with Gasteiger partial charge >= 0.3 is 0 Å². The van der Waals surface area contributed by atoms with Crippen LogP contribution in [0.15, 0.2) is 29.2 Å². The van der Waals surface area contributed by atoms with Gasteiger partial charge in [0.15, 0.2) is 0 Å². The number of thiocarbonyl (C=S) groups is 1. The molecule has 0 radical (unpaired) electrons. The second-order valence-corrected chi connectivity index (χ2v) is 6.55. The minimum atomic E-state index is -3.47. The van der Waals surface area contributed by atoms with Crippen molar-refractivity contribution in [2.24, 2.45) is 5.73 Å². The topological polar surface area (TPSA) is 72.6 Å². The minimum absolute atomic E-state index is 0.229. The number of methoxy groups -OCH3 is 1. The van der Waals surface area contributed by atoms with Crippen LogP contribution in [0.1, 0.15) is 12.0 Å². The number of nitrogens with two attached hydrogens (primary N) is 1. The number of rotatable bonds is 7. The van der Waals surface area contributed by atoms with Gasteiger partial charge < -0.3 is 10.5 Å². The molecule has 1 aromatic carbocycles. The van der Waals surface area contributed by atoms with Gasteiger partial charge in [-0.2, -0.15) is 0 Å². The Kier molecular flexibility index (Phi) is 5.86. The zero-order chi connectivity index (χ0) is 14.5. The second kappa shape index (κ2) is 6.95. The van der Waals surface area contributed by atoms with Gasteiger partial charge in [-0.25, -0.2) is 12.7 Å². The standard InChI is InChI=1S/C12H18N2O3S2/c1-14(8-3-9-17-2)19(15,16)11-6-4-10(5-7-11)12(13)18/h4-7H,3,8-9H2,1-2H3,(H2,13,18). The molecule has 0 unspecified atom stereocenters. The van der Waals surface area contributed by atoms with E-state index in [0.717, 1.165) is 0 Å². The van der Waals surface area contributed by atoms with Crippen LogP contribution < -0.4 is 5.73 Å². The van der Waals surface area contributed by atoms with Crippen LogP contribution in [-0.2, 0) is 14.8 Å². The van der Waals surface area contributed by atoms with Crippen molar-refractivity contribution in [3.63, 3.8) is 0 Å². The lowest BCUT2D eigenvalue weighted by molar-refractivity contribution is 0.189. The summed E-state index contributed by atoms with van der Waals surface area (Å²) in [6.45, 7) is 0.938. The molecule has 0 spiro atoms. The normalized spacial score (nSPS) is 11.7. The fourth-order valence-electron chi connectivity index (χ4n) is 1.52. The maximum Gasteiger partial charge on any atom is 0.242 e. The van der Waals surface area contributed by atoms with Gasteiger partial charge in [-0.05, 0) is 18.6 Å². The molecule has 7 heteroatoms. The van der Waals surface area contributed by atoms with Crippen LogP contribution in [0.25, 0.3) is 0 Å². The highest BCUT2D eigenvalue weighted by atomic mass is 32.2. The Bertz CT molecular complexity index is 526. The minimum Gasteiger partial charge on any atom is -0.389 e. The van der Waals surface area contributed by atoms with Crippen molar-refractivity contribution >= 4 is 27.2 Å². The van der Waals surface area contributed by atoms with E-state index >= 15 is 0 Å². The van der Waals surface area contributed by atoms with E-state index in [0.29, 0.717) is 25.1 Å². The summed E-state index contributed by atoms with van der Waals surface area (Å²) in [5.41, 5.74) is 6.12. The van der Waals surface area contributed by atoms with Crippen molar-refractivity contribution in [3.05, 3.63) is 29.8 Å². The molecular weight excluding hydrogens is 284 g/mol. The molecule has 0 aliphatic rings. The summed E-state index contributed by atoms with van der Waals surface area (Å²) in [5.74, 6) is 0. The van der Waals surface area contributed by atoms with Crippen LogP contribution in [0.4, 0.5) is 0 Å². The molecule has 0 saturated carbocycles. The Morgan fingerprint density at radius 2 is 1.95 bits per heavy atom. The predicted octanol–water partition coefficient (Wildman–Crippen LogP) is 0.978. The summed E-state index contributed by atoms with van der Waals surface area (Å²) in [6, 6.07) is 6.24. The maximum atomic E-state index is 12.2. The van der Waals surface area contributed by atoms with Crippen LogP contribution in [0.3, 0.4) is 0 Å². The third-order valence-corrected chi connectivity index (χ3v) is 4.78. The Morgan fingerprint density at radius 1 is 1.37 bits per heavy atom. The second-order valence-electron chi connectivity index (χ2n) is 4.06. The highest BCUT2D eigenvalue weighted by molar-refractivity contribution is 7.89. The molecule has 1 aromatic rings. The molecule has 0 fully saturated rings. The molecule has 19 heavy (non-hydrogen) atoms. The first-order chi connectivity index (χ1) is 8.89. The smallest absolute Gasteiger partial charge is 0.242 e. The molecular formula is C12H18N2O3S2. The van der Waals surface area contributed by atoms with Crippen molar-refractivity contribution in [2.75, 3.05) is 27.3 Å². The third-order valence-electron chi connectivity index (χ3n) is 2.67. The van der Waals surface area contributed by atoms with E-state index in [1.807, 2.05) is 0 Å². The third kappa shape index (κ3) is 4.24. The monoisotopic (exact) mass is 302 g/mol. The average molecular weight is 302 g/mol. The van der Waals surface area contributed by atoms with Gasteiger partial charge in [-0.1, -0.05) is 24.4 Å². The number of nitrogens with zero attached hydrogens (tertiary/aromatic N) is 1. The van der Waals surface area contributed by atoms with E-state index in [9.17, 15) is 8.42 Å². The Hall–Kier alpha value is -1.02. The van der Waals surface area contributed by atoms with Gasteiger partial charge in [0.1, 0.15) is 4.99 Å². The largest absolute Gasteiger partial charge is 0.389 e. The van der Waals surface area contributed by atoms with Gasteiger partial charge in [0.05, 0.1) is 4.90 Å². The maximum absolute atomic E-state index is 12.2. The van der Waals surface area contributed by atoms with Gasteiger partial charge in [-0.15, -0.1) is 0 Å². The molecule has 0 bridgehead atoms. The number of ether oxygens (including phenoxy) is 1. The van der Waals surface area contributed by atoms with Gasteiger partial charge in [0.25, 0.3) is 0 Å². The first kappa shape index (κ1) is 16.0. The number of sulfonamides is 1. The first-order valence-electron chi connectivity index (χ1n) is 5.74. The number of hydrogen-bond donors (Lipinski definition) is 1. The Labute approximate surface area is 119 Å². The lowest BCUT2D eigenvalue weighted by Gasteiger charge is -2.17. The van der Waals surface area contributed by atoms with Crippen molar-refractivity contribution in [2.45, 2.75) is 11.3 Å². The highest BCUT2D eigenvalue weighted by Gasteiger charge is 2.20. The number of benzene rings is 1. The number of hydrogen-bond acceptors (Lipinski definition) is 4. The molecule has 0 amide bonds. The molecule has 0 saturated heterocycles. The van der Waals surface area contributed by atoms with E-state index < -0.39 is 10.0 Å². The van der Waals surface area contributed by atoms with E-state index in [4.69, 9.17) is 22.7 Å². The molecule has 0 aromatic heterocycles. The SMILES string of the molecule is COCCCN(C)S(=O)(=O)c1ccc(C(N)=S)cc1. The highest BCUT2D eigenvalue weighted by Crippen LogP contribution is 2.15. The van der Waals surface area contributed by atoms with Crippen molar-refractivity contribution in [3.8, 4) is 0 Å².